The van der Waals surface area contributed by atoms with Gasteiger partial charge in [0.1, 0.15) is 11.5 Å². The number of benzene rings is 2. The van der Waals surface area contributed by atoms with Crippen LogP contribution >= 0.6 is 11.6 Å². The Morgan fingerprint density at radius 2 is 1.78 bits per heavy atom. The molecule has 0 radical (unpaired) electrons. The summed E-state index contributed by atoms with van der Waals surface area (Å²) in [6, 6.07) is 13.1. The number of amides is 1. The fourth-order valence-corrected chi connectivity index (χ4v) is 4.99. The van der Waals surface area contributed by atoms with Gasteiger partial charge in [-0.25, -0.2) is 12.7 Å². The Morgan fingerprint density at radius 3 is 2.41 bits per heavy atom. The summed E-state index contributed by atoms with van der Waals surface area (Å²) in [6.07, 6.45) is 1.33. The van der Waals surface area contributed by atoms with Gasteiger partial charge in [0.05, 0.1) is 17.5 Å². The average Bonchev–Trinajstić information content (AvgIpc) is 3.44. The number of hydrogen-bond donors (Lipinski definition) is 0. The van der Waals surface area contributed by atoms with Gasteiger partial charge in [0, 0.05) is 5.02 Å². The summed E-state index contributed by atoms with van der Waals surface area (Å²) in [4.78, 5) is 24.9. The zero-order valence-electron chi connectivity index (χ0n) is 14.2. The van der Waals surface area contributed by atoms with E-state index in [0.717, 1.165) is 9.87 Å². The van der Waals surface area contributed by atoms with E-state index >= 15 is 0 Å². The van der Waals surface area contributed by atoms with E-state index < -0.39 is 27.3 Å². The minimum absolute atomic E-state index is 0.0128. The van der Waals surface area contributed by atoms with Gasteiger partial charge >= 0.3 is 5.97 Å². The molecule has 0 unspecified atom stereocenters. The largest absolute Gasteiger partial charge is 0.463 e. The van der Waals surface area contributed by atoms with Crippen LogP contribution in [-0.4, -0.2) is 37.8 Å². The van der Waals surface area contributed by atoms with Crippen molar-refractivity contribution in [1.29, 1.82) is 0 Å². The summed E-state index contributed by atoms with van der Waals surface area (Å²) in [6.45, 7) is -0.397. The second-order valence-corrected chi connectivity index (χ2v) is 8.87. The summed E-state index contributed by atoms with van der Waals surface area (Å²) in [5.41, 5.74) is 0.277. The number of sulfonamides is 1. The first kappa shape index (κ1) is 18.0. The van der Waals surface area contributed by atoms with E-state index in [2.05, 4.69) is 0 Å². The standard InChI is InChI=1S/C19H16ClNO5S/c20-14-7-5-13(6-8-14)19(9-10-19)18(23)26-12-11-21-17(22)15-3-1-2-4-16(15)27(21,24)25/h1-8H,9-12H2. The number of ether oxygens (including phenoxy) is 1. The highest BCUT2D eigenvalue weighted by Crippen LogP contribution is 2.49. The number of esters is 1. The molecule has 2 aromatic rings. The van der Waals surface area contributed by atoms with Crippen molar-refractivity contribution in [3.63, 3.8) is 0 Å². The molecule has 27 heavy (non-hydrogen) atoms. The number of rotatable bonds is 5. The first-order chi connectivity index (χ1) is 12.9. The van der Waals surface area contributed by atoms with E-state index in [0.29, 0.717) is 17.9 Å². The minimum atomic E-state index is -3.89. The molecular weight excluding hydrogens is 390 g/mol. The lowest BCUT2D eigenvalue weighted by molar-refractivity contribution is -0.146. The molecule has 0 atom stereocenters. The normalized spacial score (nSPS) is 18.9. The highest BCUT2D eigenvalue weighted by atomic mass is 35.5. The van der Waals surface area contributed by atoms with E-state index in [1.807, 2.05) is 0 Å². The van der Waals surface area contributed by atoms with E-state index in [-0.39, 0.29) is 23.6 Å². The van der Waals surface area contributed by atoms with Crippen LogP contribution in [0.5, 0.6) is 0 Å². The number of nitrogens with zero attached hydrogens (tertiary/aromatic N) is 1. The molecule has 8 heteroatoms. The number of fused-ring (bicyclic) bond motifs is 1. The van der Waals surface area contributed by atoms with Crippen molar-refractivity contribution in [2.75, 3.05) is 13.2 Å². The second kappa shape index (κ2) is 6.35. The molecule has 1 heterocycles. The van der Waals surface area contributed by atoms with Crippen molar-refractivity contribution < 1.29 is 22.7 Å². The van der Waals surface area contributed by atoms with Crippen LogP contribution in [0, 0.1) is 0 Å². The Balaban J connectivity index is 1.43. The molecule has 140 valence electrons. The molecule has 4 rings (SSSR count). The first-order valence-corrected chi connectivity index (χ1v) is 10.3. The molecule has 6 nitrogen and oxygen atoms in total. The molecule has 0 saturated heterocycles. The molecule has 0 N–H and O–H groups in total. The number of hydrogen-bond acceptors (Lipinski definition) is 5. The van der Waals surface area contributed by atoms with Gasteiger partial charge in [0.2, 0.25) is 0 Å². The van der Waals surface area contributed by atoms with Gasteiger partial charge in [-0.05, 0) is 42.7 Å². The third kappa shape index (κ3) is 2.91. The third-order valence-corrected chi connectivity index (χ3v) is 7.07. The highest BCUT2D eigenvalue weighted by Gasteiger charge is 2.53. The molecule has 0 spiro atoms. The monoisotopic (exact) mass is 405 g/mol. The fourth-order valence-electron chi connectivity index (χ4n) is 3.32. The average molecular weight is 406 g/mol. The Labute approximate surface area is 161 Å². The predicted molar refractivity (Wildman–Crippen MR) is 98.0 cm³/mol. The predicted octanol–water partition coefficient (Wildman–Crippen LogP) is 2.76. The summed E-state index contributed by atoms with van der Waals surface area (Å²) in [5.74, 6) is -1.01. The lowest BCUT2D eigenvalue weighted by Crippen LogP contribution is -2.35. The van der Waals surface area contributed by atoms with Crippen molar-refractivity contribution >= 4 is 33.5 Å². The highest BCUT2D eigenvalue weighted by molar-refractivity contribution is 7.90. The zero-order chi connectivity index (χ0) is 19.2. The third-order valence-electron chi connectivity index (χ3n) is 4.98. The summed E-state index contributed by atoms with van der Waals surface area (Å²) < 4.78 is 31.1. The summed E-state index contributed by atoms with van der Waals surface area (Å²) >= 11 is 5.89. The van der Waals surface area contributed by atoms with Gasteiger partial charge in [-0.15, -0.1) is 0 Å². The second-order valence-electron chi connectivity index (χ2n) is 6.60. The molecule has 2 aromatic carbocycles. The van der Waals surface area contributed by atoms with Gasteiger partial charge in [0.25, 0.3) is 15.9 Å². The fraction of sp³-hybridized carbons (Fsp3) is 0.263. The number of carbonyl (C=O) groups excluding carboxylic acids is 2. The maximum absolute atomic E-state index is 12.5. The van der Waals surface area contributed by atoms with Crippen LogP contribution in [0.15, 0.2) is 53.4 Å². The van der Waals surface area contributed by atoms with E-state index in [1.54, 1.807) is 36.4 Å². The smallest absolute Gasteiger partial charge is 0.316 e. The Morgan fingerprint density at radius 1 is 1.11 bits per heavy atom. The van der Waals surface area contributed by atoms with Crippen LogP contribution in [0.2, 0.25) is 5.02 Å². The van der Waals surface area contributed by atoms with Gasteiger partial charge < -0.3 is 4.74 Å². The van der Waals surface area contributed by atoms with Crippen LogP contribution in [0.3, 0.4) is 0 Å². The molecular formula is C19H16ClNO5S. The van der Waals surface area contributed by atoms with Crippen molar-refractivity contribution in [1.82, 2.24) is 4.31 Å². The Bertz CT molecular complexity index is 1030. The zero-order valence-corrected chi connectivity index (χ0v) is 15.8. The molecule has 1 aliphatic heterocycles. The van der Waals surface area contributed by atoms with Crippen LogP contribution in [0.1, 0.15) is 28.8 Å². The van der Waals surface area contributed by atoms with Crippen LogP contribution in [-0.2, 0) is 25.0 Å². The van der Waals surface area contributed by atoms with Crippen molar-refractivity contribution in [3.8, 4) is 0 Å². The molecule has 1 fully saturated rings. The van der Waals surface area contributed by atoms with Gasteiger partial charge in [-0.1, -0.05) is 35.9 Å². The SMILES string of the molecule is O=C1c2ccccc2S(=O)(=O)N1CCOC(=O)C1(c2ccc(Cl)cc2)CC1. The van der Waals surface area contributed by atoms with E-state index in [4.69, 9.17) is 16.3 Å². The van der Waals surface area contributed by atoms with Gasteiger partial charge in [-0.2, -0.15) is 0 Å². The molecule has 2 aliphatic rings. The molecule has 0 bridgehead atoms. The lowest BCUT2D eigenvalue weighted by Gasteiger charge is -2.18. The van der Waals surface area contributed by atoms with Crippen LogP contribution in [0.25, 0.3) is 0 Å². The van der Waals surface area contributed by atoms with Gasteiger partial charge in [-0.3, -0.25) is 9.59 Å². The topological polar surface area (TPSA) is 80.8 Å². The molecule has 0 aromatic heterocycles. The number of halogens is 1. The lowest BCUT2D eigenvalue weighted by atomic mass is 9.96. The number of carbonyl (C=O) groups is 2. The van der Waals surface area contributed by atoms with E-state index in [1.165, 1.54) is 12.1 Å². The van der Waals surface area contributed by atoms with Crippen molar-refractivity contribution in [2.24, 2.45) is 0 Å². The Hall–Kier alpha value is -2.38. The quantitative estimate of drug-likeness (QED) is 0.714. The Kier molecular flexibility index (Phi) is 4.24. The maximum atomic E-state index is 12.5. The van der Waals surface area contributed by atoms with Crippen LogP contribution < -0.4 is 0 Å². The van der Waals surface area contributed by atoms with E-state index in [9.17, 15) is 18.0 Å². The van der Waals surface area contributed by atoms with Crippen molar-refractivity contribution in [2.45, 2.75) is 23.2 Å². The first-order valence-electron chi connectivity index (χ1n) is 8.46. The van der Waals surface area contributed by atoms with Crippen molar-refractivity contribution in [3.05, 3.63) is 64.7 Å². The summed E-state index contributed by atoms with van der Waals surface area (Å²) in [7, 11) is -3.89. The van der Waals surface area contributed by atoms with Gasteiger partial charge in [0.15, 0.2) is 0 Å². The molecule has 1 amide bonds. The maximum Gasteiger partial charge on any atom is 0.316 e. The minimum Gasteiger partial charge on any atom is -0.463 e. The van der Waals surface area contributed by atoms with Crippen LogP contribution in [0.4, 0.5) is 0 Å². The molecule has 1 saturated carbocycles. The summed E-state index contributed by atoms with van der Waals surface area (Å²) in [5, 5.41) is 0.584. The molecule has 1 aliphatic carbocycles.